The number of epoxide rings is 1. The average molecular weight is 284 g/mol. The van der Waals surface area contributed by atoms with Gasteiger partial charge in [-0.3, -0.25) is 0 Å². The van der Waals surface area contributed by atoms with Gasteiger partial charge in [0.25, 0.3) is 0 Å². The van der Waals surface area contributed by atoms with Gasteiger partial charge in [-0.05, 0) is 6.42 Å². The minimum Gasteiger partial charge on any atom is -0.378 e. The van der Waals surface area contributed by atoms with Crippen molar-refractivity contribution in [1.82, 2.24) is 0 Å². The van der Waals surface area contributed by atoms with E-state index in [9.17, 15) is 0 Å². The number of hydrogen-bond acceptors (Lipinski definition) is 3. The van der Waals surface area contributed by atoms with Gasteiger partial charge in [0, 0.05) is 13.0 Å². The van der Waals surface area contributed by atoms with Crippen molar-refractivity contribution in [2.24, 2.45) is 5.92 Å². The van der Waals surface area contributed by atoms with Gasteiger partial charge in [-0.15, -0.1) is 0 Å². The van der Waals surface area contributed by atoms with Gasteiger partial charge >= 0.3 is 0 Å². The molecule has 20 heavy (non-hydrogen) atoms. The molecule has 1 spiro atoms. The first-order chi connectivity index (χ1) is 9.74. The van der Waals surface area contributed by atoms with Crippen LogP contribution < -0.4 is 0 Å². The molecular formula is C17H32O3. The topological polar surface area (TPSA) is 31.0 Å². The third-order valence-electron chi connectivity index (χ3n) is 4.91. The van der Waals surface area contributed by atoms with E-state index >= 15 is 0 Å². The maximum absolute atomic E-state index is 6.04. The van der Waals surface area contributed by atoms with Crippen LogP contribution in [0.15, 0.2) is 0 Å². The molecular weight excluding hydrogens is 252 g/mol. The zero-order valence-corrected chi connectivity index (χ0v) is 13.5. The Balaban J connectivity index is 1.66. The maximum Gasteiger partial charge on any atom is 0.144 e. The van der Waals surface area contributed by atoms with Gasteiger partial charge in [-0.2, -0.15) is 0 Å². The van der Waals surface area contributed by atoms with E-state index in [1.807, 2.05) is 0 Å². The Morgan fingerprint density at radius 1 is 1.10 bits per heavy atom. The predicted octanol–water partition coefficient (Wildman–Crippen LogP) is 3.95. The summed E-state index contributed by atoms with van der Waals surface area (Å²) in [7, 11) is 1.81. The SMILES string of the molecule is CCCCCCCCC[C@@H]1OC[C@@H](C)[C@H](OC)[C@]12CO2. The Kier molecular flexibility index (Phi) is 6.31. The highest BCUT2D eigenvalue weighted by molar-refractivity contribution is 5.09. The minimum absolute atomic E-state index is 0.116. The fourth-order valence-corrected chi connectivity index (χ4v) is 3.64. The molecule has 3 nitrogen and oxygen atoms in total. The Morgan fingerprint density at radius 2 is 1.75 bits per heavy atom. The van der Waals surface area contributed by atoms with E-state index in [2.05, 4.69) is 13.8 Å². The molecule has 0 aliphatic carbocycles. The summed E-state index contributed by atoms with van der Waals surface area (Å²) in [5.74, 6) is 0.438. The minimum atomic E-state index is -0.116. The van der Waals surface area contributed by atoms with Gasteiger partial charge in [0.05, 0.1) is 25.4 Å². The molecule has 2 rings (SSSR count). The molecule has 0 unspecified atom stereocenters. The van der Waals surface area contributed by atoms with Gasteiger partial charge in [-0.1, -0.05) is 58.8 Å². The van der Waals surface area contributed by atoms with Crippen molar-refractivity contribution in [2.45, 2.75) is 83.0 Å². The normalized spacial score (nSPS) is 36.5. The first-order valence-electron chi connectivity index (χ1n) is 8.53. The number of methoxy groups -OCH3 is 1. The summed E-state index contributed by atoms with van der Waals surface area (Å²) in [5, 5.41) is 0. The van der Waals surface area contributed by atoms with E-state index in [-0.39, 0.29) is 17.8 Å². The smallest absolute Gasteiger partial charge is 0.144 e. The second kappa shape index (κ2) is 7.77. The summed E-state index contributed by atoms with van der Waals surface area (Å²) in [4.78, 5) is 0. The molecule has 2 heterocycles. The lowest BCUT2D eigenvalue weighted by Crippen LogP contribution is -2.53. The molecule has 0 amide bonds. The van der Waals surface area contributed by atoms with Gasteiger partial charge in [0.1, 0.15) is 5.60 Å². The molecule has 0 bridgehead atoms. The van der Waals surface area contributed by atoms with E-state index in [0.29, 0.717) is 5.92 Å². The van der Waals surface area contributed by atoms with Crippen LogP contribution in [0.25, 0.3) is 0 Å². The van der Waals surface area contributed by atoms with E-state index in [0.717, 1.165) is 19.6 Å². The molecule has 0 aromatic rings. The Hall–Kier alpha value is -0.120. The summed E-state index contributed by atoms with van der Waals surface area (Å²) >= 11 is 0. The first-order valence-corrected chi connectivity index (χ1v) is 8.53. The van der Waals surface area contributed by atoms with Crippen LogP contribution in [0.2, 0.25) is 0 Å². The molecule has 0 aromatic heterocycles. The lowest BCUT2D eigenvalue weighted by molar-refractivity contribution is -0.149. The second-order valence-electron chi connectivity index (χ2n) is 6.61. The van der Waals surface area contributed by atoms with Crippen molar-refractivity contribution in [1.29, 1.82) is 0 Å². The van der Waals surface area contributed by atoms with Crippen LogP contribution in [0.1, 0.15) is 65.2 Å². The van der Waals surface area contributed by atoms with Gasteiger partial charge in [0.2, 0.25) is 0 Å². The van der Waals surface area contributed by atoms with Crippen molar-refractivity contribution in [3.63, 3.8) is 0 Å². The highest BCUT2D eigenvalue weighted by Crippen LogP contribution is 2.45. The third-order valence-corrected chi connectivity index (χ3v) is 4.91. The van der Waals surface area contributed by atoms with E-state index in [1.54, 1.807) is 7.11 Å². The quantitative estimate of drug-likeness (QED) is 0.474. The Labute approximate surface area is 124 Å². The lowest BCUT2D eigenvalue weighted by atomic mass is 9.83. The zero-order valence-electron chi connectivity index (χ0n) is 13.5. The van der Waals surface area contributed by atoms with E-state index in [1.165, 1.54) is 44.9 Å². The van der Waals surface area contributed by atoms with Crippen molar-refractivity contribution < 1.29 is 14.2 Å². The fourth-order valence-electron chi connectivity index (χ4n) is 3.64. The van der Waals surface area contributed by atoms with Crippen LogP contribution in [0.3, 0.4) is 0 Å². The summed E-state index contributed by atoms with van der Waals surface area (Å²) in [6, 6.07) is 0. The van der Waals surface area contributed by atoms with Gasteiger partial charge in [-0.25, -0.2) is 0 Å². The molecule has 3 heteroatoms. The highest BCUT2D eigenvalue weighted by atomic mass is 16.7. The van der Waals surface area contributed by atoms with Crippen LogP contribution in [0.4, 0.5) is 0 Å². The first kappa shape index (κ1) is 16.3. The van der Waals surface area contributed by atoms with E-state index < -0.39 is 0 Å². The molecule has 0 radical (unpaired) electrons. The van der Waals surface area contributed by atoms with Crippen molar-refractivity contribution in [3.05, 3.63) is 0 Å². The average Bonchev–Trinajstić information content (AvgIpc) is 3.22. The zero-order chi connectivity index (χ0) is 14.4. The third kappa shape index (κ3) is 3.75. The Morgan fingerprint density at radius 3 is 2.35 bits per heavy atom. The summed E-state index contributed by atoms with van der Waals surface area (Å²) in [5.41, 5.74) is -0.116. The maximum atomic E-state index is 6.04. The molecule has 4 atom stereocenters. The largest absolute Gasteiger partial charge is 0.378 e. The van der Waals surface area contributed by atoms with Crippen molar-refractivity contribution >= 4 is 0 Å². The van der Waals surface area contributed by atoms with Crippen LogP contribution in [0, 0.1) is 5.92 Å². The fraction of sp³-hybridized carbons (Fsp3) is 1.00. The number of unbranched alkanes of at least 4 members (excludes halogenated alkanes) is 6. The standard InChI is InChI=1S/C17H32O3/c1-4-5-6-7-8-9-10-11-15-17(13-20-17)16(18-3)14(2)12-19-15/h14-16H,4-13H2,1-3H3/t14-,15+,16+,17+/m1/s1. The molecule has 0 saturated carbocycles. The van der Waals surface area contributed by atoms with Gasteiger partial charge < -0.3 is 14.2 Å². The highest BCUT2D eigenvalue weighted by Gasteiger charge is 2.61. The number of ether oxygens (including phenoxy) is 3. The number of hydrogen-bond donors (Lipinski definition) is 0. The molecule has 0 N–H and O–H groups in total. The summed E-state index contributed by atoms with van der Waals surface area (Å²) < 4.78 is 17.5. The second-order valence-corrected chi connectivity index (χ2v) is 6.61. The van der Waals surface area contributed by atoms with Gasteiger partial charge in [0.15, 0.2) is 0 Å². The Bertz CT molecular complexity index is 275. The molecule has 2 aliphatic heterocycles. The molecule has 2 saturated heterocycles. The molecule has 0 aromatic carbocycles. The predicted molar refractivity (Wildman–Crippen MR) is 81.0 cm³/mol. The van der Waals surface area contributed by atoms with Crippen molar-refractivity contribution in [3.8, 4) is 0 Å². The summed E-state index contributed by atoms with van der Waals surface area (Å²) in [6.07, 6.45) is 11.0. The monoisotopic (exact) mass is 284 g/mol. The molecule has 2 fully saturated rings. The van der Waals surface area contributed by atoms with Crippen LogP contribution in [-0.4, -0.2) is 38.1 Å². The van der Waals surface area contributed by atoms with E-state index in [4.69, 9.17) is 14.2 Å². The summed E-state index contributed by atoms with van der Waals surface area (Å²) in [6.45, 7) is 6.09. The van der Waals surface area contributed by atoms with Crippen LogP contribution in [0.5, 0.6) is 0 Å². The lowest BCUT2D eigenvalue weighted by Gasteiger charge is -2.39. The molecule has 2 aliphatic rings. The van der Waals surface area contributed by atoms with Crippen LogP contribution >= 0.6 is 0 Å². The molecule has 118 valence electrons. The van der Waals surface area contributed by atoms with Crippen LogP contribution in [-0.2, 0) is 14.2 Å². The van der Waals surface area contributed by atoms with Crippen molar-refractivity contribution in [2.75, 3.05) is 20.3 Å². The number of rotatable bonds is 9.